The van der Waals surface area contributed by atoms with E-state index in [-0.39, 0.29) is 12.5 Å². The third-order valence-electron chi connectivity index (χ3n) is 2.71. The smallest absolute Gasteiger partial charge is 0.243 e. The molecule has 0 aliphatic carbocycles. The van der Waals surface area contributed by atoms with Crippen LogP contribution in [-0.2, 0) is 4.79 Å². The van der Waals surface area contributed by atoms with Crippen molar-refractivity contribution in [1.29, 1.82) is 0 Å². The Hall–Kier alpha value is -1.52. The van der Waals surface area contributed by atoms with Crippen LogP contribution in [0.25, 0.3) is 0 Å². The summed E-state index contributed by atoms with van der Waals surface area (Å²) in [4.78, 5) is 11.8. The van der Waals surface area contributed by atoms with Crippen molar-refractivity contribution in [2.75, 3.05) is 17.2 Å². The fourth-order valence-corrected chi connectivity index (χ4v) is 2.39. The minimum atomic E-state index is -0.118. The van der Waals surface area contributed by atoms with Gasteiger partial charge in [-0.05, 0) is 37.3 Å². The standard InChI is InChI=1S/C15H14BrClN2O/c1-10-2-5-12(6-3-10)19-15(20)9-18-14-7-4-11(16)8-13(14)17/h2-8,18H,9H2,1H3,(H,19,20). The molecule has 2 rings (SSSR count). The largest absolute Gasteiger partial charge is 0.375 e. The third-order valence-corrected chi connectivity index (χ3v) is 3.51. The second-order valence-electron chi connectivity index (χ2n) is 4.39. The topological polar surface area (TPSA) is 41.1 Å². The monoisotopic (exact) mass is 352 g/mol. The Bertz CT molecular complexity index is 614. The Morgan fingerprint density at radius 1 is 1.20 bits per heavy atom. The van der Waals surface area contributed by atoms with Crippen molar-refractivity contribution >= 4 is 44.8 Å². The number of aryl methyl sites for hydroxylation is 1. The van der Waals surface area contributed by atoms with Crippen LogP contribution in [0.15, 0.2) is 46.9 Å². The van der Waals surface area contributed by atoms with Gasteiger partial charge in [-0.2, -0.15) is 0 Å². The van der Waals surface area contributed by atoms with Crippen LogP contribution in [0.4, 0.5) is 11.4 Å². The van der Waals surface area contributed by atoms with Crippen molar-refractivity contribution in [3.8, 4) is 0 Å². The molecule has 2 aromatic rings. The van der Waals surface area contributed by atoms with Crippen LogP contribution in [0.2, 0.25) is 5.02 Å². The van der Waals surface area contributed by atoms with Gasteiger partial charge in [0.15, 0.2) is 0 Å². The minimum Gasteiger partial charge on any atom is -0.375 e. The van der Waals surface area contributed by atoms with Gasteiger partial charge in [-0.3, -0.25) is 4.79 Å². The maximum atomic E-state index is 11.8. The van der Waals surface area contributed by atoms with Gasteiger partial charge in [0.05, 0.1) is 17.3 Å². The van der Waals surface area contributed by atoms with Crippen LogP contribution in [0.5, 0.6) is 0 Å². The zero-order valence-electron chi connectivity index (χ0n) is 10.9. The van der Waals surface area contributed by atoms with Crippen molar-refractivity contribution in [2.45, 2.75) is 6.92 Å². The first-order valence-electron chi connectivity index (χ1n) is 6.10. The second-order valence-corrected chi connectivity index (χ2v) is 5.71. The number of carbonyl (C=O) groups excluding carboxylic acids is 1. The maximum Gasteiger partial charge on any atom is 0.243 e. The van der Waals surface area contributed by atoms with Crippen LogP contribution >= 0.6 is 27.5 Å². The Kier molecular flexibility index (Phi) is 5.04. The Labute approximate surface area is 131 Å². The van der Waals surface area contributed by atoms with E-state index in [0.717, 1.165) is 21.4 Å². The van der Waals surface area contributed by atoms with Gasteiger partial charge in [-0.15, -0.1) is 0 Å². The highest BCUT2D eigenvalue weighted by atomic mass is 79.9. The van der Waals surface area contributed by atoms with Crippen molar-refractivity contribution in [2.24, 2.45) is 0 Å². The van der Waals surface area contributed by atoms with Crippen LogP contribution in [-0.4, -0.2) is 12.5 Å². The van der Waals surface area contributed by atoms with E-state index in [2.05, 4.69) is 26.6 Å². The molecule has 0 saturated heterocycles. The fourth-order valence-electron chi connectivity index (χ4n) is 1.65. The predicted molar refractivity (Wildman–Crippen MR) is 87.5 cm³/mol. The molecule has 2 N–H and O–H groups in total. The molecular formula is C15H14BrClN2O. The molecule has 2 aromatic carbocycles. The third kappa shape index (κ3) is 4.25. The van der Waals surface area contributed by atoms with E-state index < -0.39 is 0 Å². The van der Waals surface area contributed by atoms with Crippen LogP contribution < -0.4 is 10.6 Å². The lowest BCUT2D eigenvalue weighted by atomic mass is 10.2. The summed E-state index contributed by atoms with van der Waals surface area (Å²) in [5.74, 6) is -0.118. The average Bonchev–Trinajstić information content (AvgIpc) is 2.40. The van der Waals surface area contributed by atoms with Gasteiger partial charge in [-0.25, -0.2) is 0 Å². The molecule has 0 atom stereocenters. The molecule has 0 heterocycles. The van der Waals surface area contributed by atoms with Crippen molar-refractivity contribution in [3.63, 3.8) is 0 Å². The normalized spacial score (nSPS) is 10.2. The Morgan fingerprint density at radius 2 is 1.90 bits per heavy atom. The summed E-state index contributed by atoms with van der Waals surface area (Å²) >= 11 is 9.40. The molecule has 0 unspecified atom stereocenters. The molecule has 20 heavy (non-hydrogen) atoms. The summed E-state index contributed by atoms with van der Waals surface area (Å²) in [5.41, 5.74) is 2.67. The van der Waals surface area contributed by atoms with Gasteiger partial charge in [0.2, 0.25) is 5.91 Å². The SMILES string of the molecule is Cc1ccc(NC(=O)CNc2ccc(Br)cc2Cl)cc1. The zero-order valence-corrected chi connectivity index (χ0v) is 13.3. The molecule has 0 saturated carbocycles. The number of nitrogens with one attached hydrogen (secondary N) is 2. The summed E-state index contributed by atoms with van der Waals surface area (Å²) < 4.78 is 0.900. The van der Waals surface area contributed by atoms with Crippen LogP contribution in [0, 0.1) is 6.92 Å². The summed E-state index contributed by atoms with van der Waals surface area (Å²) in [6.07, 6.45) is 0. The van der Waals surface area contributed by atoms with E-state index in [1.807, 2.05) is 43.3 Å². The van der Waals surface area contributed by atoms with Gasteiger partial charge in [0.1, 0.15) is 0 Å². The van der Waals surface area contributed by atoms with E-state index in [0.29, 0.717) is 5.02 Å². The predicted octanol–water partition coefficient (Wildman–Crippen LogP) is 4.46. The van der Waals surface area contributed by atoms with Gasteiger partial charge < -0.3 is 10.6 Å². The van der Waals surface area contributed by atoms with Crippen molar-refractivity contribution in [3.05, 3.63) is 57.5 Å². The second kappa shape index (κ2) is 6.77. The van der Waals surface area contributed by atoms with Gasteiger partial charge >= 0.3 is 0 Å². The highest BCUT2D eigenvalue weighted by Crippen LogP contribution is 2.25. The molecule has 104 valence electrons. The Balaban J connectivity index is 1.90. The first kappa shape index (κ1) is 14.9. The van der Waals surface area contributed by atoms with E-state index in [1.54, 1.807) is 6.07 Å². The zero-order chi connectivity index (χ0) is 14.5. The number of amides is 1. The lowest BCUT2D eigenvalue weighted by Crippen LogP contribution is -2.21. The molecule has 0 fully saturated rings. The molecular weight excluding hydrogens is 340 g/mol. The highest BCUT2D eigenvalue weighted by Gasteiger charge is 2.05. The quantitative estimate of drug-likeness (QED) is 0.852. The first-order chi connectivity index (χ1) is 9.54. The average molecular weight is 354 g/mol. The number of rotatable bonds is 4. The molecule has 0 aliphatic rings. The summed E-state index contributed by atoms with van der Waals surface area (Å²) in [6, 6.07) is 13.1. The van der Waals surface area contributed by atoms with Crippen molar-refractivity contribution in [1.82, 2.24) is 0 Å². The number of hydrogen-bond donors (Lipinski definition) is 2. The molecule has 0 radical (unpaired) electrons. The highest BCUT2D eigenvalue weighted by molar-refractivity contribution is 9.10. The van der Waals surface area contributed by atoms with Gasteiger partial charge in [0, 0.05) is 10.2 Å². The van der Waals surface area contributed by atoms with Gasteiger partial charge in [0.25, 0.3) is 0 Å². The maximum absolute atomic E-state index is 11.8. The van der Waals surface area contributed by atoms with Crippen LogP contribution in [0.1, 0.15) is 5.56 Å². The molecule has 3 nitrogen and oxygen atoms in total. The number of anilines is 2. The fraction of sp³-hybridized carbons (Fsp3) is 0.133. The summed E-state index contributed by atoms with van der Waals surface area (Å²) in [7, 11) is 0. The summed E-state index contributed by atoms with van der Waals surface area (Å²) in [5, 5.41) is 6.39. The van der Waals surface area contributed by atoms with E-state index in [1.165, 1.54) is 0 Å². The van der Waals surface area contributed by atoms with E-state index in [9.17, 15) is 4.79 Å². The molecule has 1 amide bonds. The van der Waals surface area contributed by atoms with Crippen LogP contribution in [0.3, 0.4) is 0 Å². The van der Waals surface area contributed by atoms with Crippen molar-refractivity contribution < 1.29 is 4.79 Å². The minimum absolute atomic E-state index is 0.118. The van der Waals surface area contributed by atoms with Gasteiger partial charge in [-0.1, -0.05) is 45.2 Å². The van der Waals surface area contributed by atoms with E-state index in [4.69, 9.17) is 11.6 Å². The molecule has 0 aromatic heterocycles. The molecule has 0 aliphatic heterocycles. The summed E-state index contributed by atoms with van der Waals surface area (Å²) in [6.45, 7) is 2.16. The molecule has 0 bridgehead atoms. The number of hydrogen-bond acceptors (Lipinski definition) is 2. The molecule has 0 spiro atoms. The number of carbonyl (C=O) groups is 1. The molecule has 5 heteroatoms. The number of benzene rings is 2. The lowest BCUT2D eigenvalue weighted by Gasteiger charge is -2.09. The van der Waals surface area contributed by atoms with E-state index >= 15 is 0 Å². The number of halogens is 2. The Morgan fingerprint density at radius 3 is 2.55 bits per heavy atom. The lowest BCUT2D eigenvalue weighted by molar-refractivity contribution is -0.114. The first-order valence-corrected chi connectivity index (χ1v) is 7.27.